The number of allylic oxidation sites excluding steroid dienone is 8. The third-order valence-corrected chi connectivity index (χ3v) is 11.8. The monoisotopic (exact) mass is 883 g/mol. The Kier molecular flexibility index (Phi) is 49.8. The summed E-state index contributed by atoms with van der Waals surface area (Å²) >= 11 is 0. The smallest absolute Gasteiger partial charge is 0.306 e. The molecule has 0 aromatic carbocycles. The minimum atomic E-state index is -0.776. The van der Waals surface area contributed by atoms with E-state index in [-0.39, 0.29) is 31.1 Å². The highest BCUT2D eigenvalue weighted by molar-refractivity contribution is 5.71. The van der Waals surface area contributed by atoms with Gasteiger partial charge < -0.3 is 14.2 Å². The fourth-order valence-corrected chi connectivity index (χ4v) is 7.68. The van der Waals surface area contributed by atoms with Gasteiger partial charge in [-0.05, 0) is 83.5 Å². The molecule has 0 saturated carbocycles. The maximum atomic E-state index is 12.8. The molecule has 1 unspecified atom stereocenters. The van der Waals surface area contributed by atoms with E-state index in [2.05, 4.69) is 69.4 Å². The Bertz CT molecular complexity index is 1110. The van der Waals surface area contributed by atoms with Crippen molar-refractivity contribution in [1.29, 1.82) is 0 Å². The number of hydrogen-bond donors (Lipinski definition) is 0. The molecule has 6 nitrogen and oxygen atoms in total. The number of carbonyl (C=O) groups excluding carboxylic acids is 3. The Hall–Kier alpha value is -2.63. The molecule has 0 spiro atoms. The van der Waals surface area contributed by atoms with E-state index < -0.39 is 6.10 Å². The van der Waals surface area contributed by atoms with Crippen LogP contribution in [0.4, 0.5) is 0 Å². The minimum absolute atomic E-state index is 0.0786. The van der Waals surface area contributed by atoms with Crippen LogP contribution in [0.1, 0.15) is 278 Å². The Morgan fingerprint density at radius 1 is 0.317 bits per heavy atom. The molecular weight excluding hydrogens is 781 g/mol. The maximum absolute atomic E-state index is 12.8. The third kappa shape index (κ3) is 50.2. The molecule has 0 aromatic heterocycles. The second-order valence-electron chi connectivity index (χ2n) is 18.1. The van der Waals surface area contributed by atoms with Crippen molar-refractivity contribution in [3.8, 4) is 0 Å². The first-order valence-corrected chi connectivity index (χ1v) is 27.1. The lowest BCUT2D eigenvalue weighted by atomic mass is 10.0. The molecule has 0 amide bonds. The van der Waals surface area contributed by atoms with Crippen LogP contribution in [0, 0.1) is 0 Å². The highest BCUT2D eigenvalue weighted by atomic mass is 16.6. The van der Waals surface area contributed by atoms with Gasteiger partial charge in [0.1, 0.15) is 13.2 Å². The molecule has 0 aliphatic heterocycles. The van der Waals surface area contributed by atoms with Crippen LogP contribution in [-0.2, 0) is 28.6 Å². The van der Waals surface area contributed by atoms with E-state index in [1.165, 1.54) is 148 Å². The highest BCUT2D eigenvalue weighted by Crippen LogP contribution is 2.15. The van der Waals surface area contributed by atoms with Gasteiger partial charge in [-0.2, -0.15) is 0 Å². The summed E-state index contributed by atoms with van der Waals surface area (Å²) in [6, 6.07) is 0. The van der Waals surface area contributed by atoms with E-state index in [9.17, 15) is 14.4 Å². The molecule has 0 aliphatic carbocycles. The summed E-state index contributed by atoms with van der Waals surface area (Å²) < 4.78 is 16.7. The summed E-state index contributed by atoms with van der Waals surface area (Å²) in [5, 5.41) is 0. The number of rotatable bonds is 49. The molecule has 0 rings (SSSR count). The maximum Gasteiger partial charge on any atom is 0.306 e. The van der Waals surface area contributed by atoms with Crippen LogP contribution in [0.2, 0.25) is 0 Å². The van der Waals surface area contributed by atoms with Crippen LogP contribution in [0.15, 0.2) is 48.6 Å². The third-order valence-electron chi connectivity index (χ3n) is 11.8. The van der Waals surface area contributed by atoms with Crippen LogP contribution in [0.3, 0.4) is 0 Å². The van der Waals surface area contributed by atoms with Crippen molar-refractivity contribution < 1.29 is 28.6 Å². The van der Waals surface area contributed by atoms with Gasteiger partial charge in [0.25, 0.3) is 0 Å². The number of hydrogen-bond acceptors (Lipinski definition) is 6. The molecule has 0 aliphatic rings. The first kappa shape index (κ1) is 60.4. The van der Waals surface area contributed by atoms with E-state index in [0.29, 0.717) is 19.3 Å². The van der Waals surface area contributed by atoms with E-state index in [0.717, 1.165) is 89.9 Å². The fraction of sp³-hybridized carbons (Fsp3) is 0.807. The van der Waals surface area contributed by atoms with E-state index in [4.69, 9.17) is 14.2 Å². The molecule has 0 bridgehead atoms. The number of unbranched alkanes of at least 4 members (excludes halogenated alkanes) is 30. The zero-order valence-electron chi connectivity index (χ0n) is 41.8. The summed E-state index contributed by atoms with van der Waals surface area (Å²) in [6.45, 7) is 6.55. The van der Waals surface area contributed by atoms with Gasteiger partial charge in [0.2, 0.25) is 0 Å². The summed E-state index contributed by atoms with van der Waals surface area (Å²) in [5.41, 5.74) is 0. The molecule has 6 heteroatoms. The molecule has 0 aromatic rings. The van der Waals surface area contributed by atoms with Crippen LogP contribution < -0.4 is 0 Å². The Balaban J connectivity index is 4.16. The Morgan fingerprint density at radius 2 is 0.571 bits per heavy atom. The summed E-state index contributed by atoms with van der Waals surface area (Å²) in [6.07, 6.45) is 62.7. The zero-order chi connectivity index (χ0) is 45.8. The van der Waals surface area contributed by atoms with Crippen molar-refractivity contribution in [2.45, 2.75) is 284 Å². The average Bonchev–Trinajstić information content (AvgIpc) is 3.28. The van der Waals surface area contributed by atoms with E-state index in [1.54, 1.807) is 0 Å². The Labute approximate surface area is 390 Å². The largest absolute Gasteiger partial charge is 0.462 e. The lowest BCUT2D eigenvalue weighted by Gasteiger charge is -2.18. The first-order chi connectivity index (χ1) is 31.0. The molecule has 366 valence electrons. The second kappa shape index (κ2) is 52.0. The molecule has 0 saturated heterocycles. The standard InChI is InChI=1S/C57H102O6/c1-4-7-10-13-16-18-20-22-24-26-27-28-29-30-31-32-34-35-37-39-41-44-47-50-56(59)62-53-54(52-61-55(58)49-46-43-15-12-9-6-3)63-57(60)51-48-45-42-40-38-36-33-25-23-21-19-17-14-11-8-5-2/h19-22,25-27,33,54H,4-18,23-24,28-32,34-53H2,1-3H3/b21-19-,22-20-,27-26-,33-25-. The molecule has 0 heterocycles. The van der Waals surface area contributed by atoms with Crippen LogP contribution in [0.5, 0.6) is 0 Å². The normalized spacial score (nSPS) is 12.4. The van der Waals surface area contributed by atoms with Crippen molar-refractivity contribution >= 4 is 17.9 Å². The topological polar surface area (TPSA) is 78.9 Å². The summed E-state index contributed by atoms with van der Waals surface area (Å²) in [4.78, 5) is 37.8. The predicted molar refractivity (Wildman–Crippen MR) is 270 cm³/mol. The minimum Gasteiger partial charge on any atom is -0.462 e. The molecule has 0 N–H and O–H groups in total. The predicted octanol–water partition coefficient (Wildman–Crippen LogP) is 17.9. The van der Waals surface area contributed by atoms with Gasteiger partial charge in [-0.25, -0.2) is 0 Å². The SMILES string of the molecule is CCCCCC/C=C\C/C=C\CCCCCCCC(=O)OC(COC(=O)CCCCCCCC)COC(=O)CCCCCCCCCCCCC/C=C\C/C=C\CCCCCCC. The second-order valence-corrected chi connectivity index (χ2v) is 18.1. The molecule has 0 radical (unpaired) electrons. The Morgan fingerprint density at radius 3 is 0.889 bits per heavy atom. The zero-order valence-corrected chi connectivity index (χ0v) is 41.8. The lowest BCUT2D eigenvalue weighted by Crippen LogP contribution is -2.30. The van der Waals surface area contributed by atoms with Crippen LogP contribution in [-0.4, -0.2) is 37.2 Å². The lowest BCUT2D eigenvalue weighted by molar-refractivity contribution is -0.167. The van der Waals surface area contributed by atoms with Crippen molar-refractivity contribution in [3.63, 3.8) is 0 Å². The summed E-state index contributed by atoms with van der Waals surface area (Å²) in [7, 11) is 0. The van der Waals surface area contributed by atoms with Gasteiger partial charge >= 0.3 is 17.9 Å². The van der Waals surface area contributed by atoms with E-state index >= 15 is 0 Å². The van der Waals surface area contributed by atoms with Crippen LogP contribution >= 0.6 is 0 Å². The van der Waals surface area contributed by atoms with Gasteiger partial charge in [0.15, 0.2) is 6.10 Å². The molecule has 1 atom stereocenters. The quantitative estimate of drug-likeness (QED) is 0.0262. The van der Waals surface area contributed by atoms with Gasteiger partial charge in [-0.3, -0.25) is 14.4 Å². The van der Waals surface area contributed by atoms with Crippen molar-refractivity contribution in [1.82, 2.24) is 0 Å². The van der Waals surface area contributed by atoms with Gasteiger partial charge in [0.05, 0.1) is 0 Å². The molecule has 0 fully saturated rings. The van der Waals surface area contributed by atoms with Gasteiger partial charge in [0, 0.05) is 19.3 Å². The van der Waals surface area contributed by atoms with Crippen LogP contribution in [0.25, 0.3) is 0 Å². The number of ether oxygens (including phenoxy) is 3. The van der Waals surface area contributed by atoms with E-state index in [1.807, 2.05) is 0 Å². The summed E-state index contributed by atoms with van der Waals surface area (Å²) in [5.74, 6) is -0.896. The molecular formula is C57H102O6. The van der Waals surface area contributed by atoms with Gasteiger partial charge in [-0.15, -0.1) is 0 Å². The highest BCUT2D eigenvalue weighted by Gasteiger charge is 2.19. The van der Waals surface area contributed by atoms with Crippen molar-refractivity contribution in [3.05, 3.63) is 48.6 Å². The number of esters is 3. The number of carbonyl (C=O) groups is 3. The molecule has 63 heavy (non-hydrogen) atoms. The fourth-order valence-electron chi connectivity index (χ4n) is 7.68. The van der Waals surface area contributed by atoms with Crippen molar-refractivity contribution in [2.24, 2.45) is 0 Å². The van der Waals surface area contributed by atoms with Crippen molar-refractivity contribution in [2.75, 3.05) is 13.2 Å². The van der Waals surface area contributed by atoms with Gasteiger partial charge in [-0.1, -0.05) is 223 Å². The first-order valence-electron chi connectivity index (χ1n) is 27.1. The average molecular weight is 883 g/mol.